The van der Waals surface area contributed by atoms with Crippen LogP contribution in [0.3, 0.4) is 0 Å². The normalized spacial score (nSPS) is 12.1. The zero-order valence-corrected chi connectivity index (χ0v) is 26.7. The van der Waals surface area contributed by atoms with Gasteiger partial charge in [0.05, 0.1) is 33.4 Å². The first-order chi connectivity index (χ1) is 23.1. The minimum absolute atomic E-state index is 1.22. The van der Waals surface area contributed by atoms with Crippen molar-refractivity contribution in [3.8, 4) is 11.4 Å². The Hall–Kier alpha value is -5.86. The van der Waals surface area contributed by atoms with Gasteiger partial charge in [0.15, 0.2) is 0 Å². The van der Waals surface area contributed by atoms with Gasteiger partial charge in [-0.05, 0) is 82.6 Å². The molecule has 10 rings (SSSR count). The zero-order valence-electron chi connectivity index (χ0n) is 26.7. The number of aromatic nitrogens is 2. The van der Waals surface area contributed by atoms with Crippen molar-refractivity contribution in [2.75, 3.05) is 0 Å². The summed E-state index contributed by atoms with van der Waals surface area (Å²) in [6.45, 7) is 6.83. The molecule has 2 heteroatoms. The van der Waals surface area contributed by atoms with Crippen molar-refractivity contribution in [2.24, 2.45) is 0 Å². The summed E-state index contributed by atoms with van der Waals surface area (Å²) in [6, 6.07) is 51.6. The number of hydrogen-bond acceptors (Lipinski definition) is 0. The fourth-order valence-electron chi connectivity index (χ4n) is 8.44. The van der Waals surface area contributed by atoms with Crippen LogP contribution in [0.25, 0.3) is 87.3 Å². The Kier molecular flexibility index (Phi) is 5.37. The maximum absolute atomic E-state index is 2.56. The highest BCUT2D eigenvalue weighted by Gasteiger charge is 2.23. The van der Waals surface area contributed by atoms with Crippen LogP contribution in [-0.4, -0.2) is 9.13 Å². The molecule has 2 nitrogen and oxygen atoms in total. The smallest absolute Gasteiger partial charge is 0.0590 e. The number of fused-ring (bicyclic) bond motifs is 11. The van der Waals surface area contributed by atoms with Gasteiger partial charge >= 0.3 is 0 Å². The molecular weight excluding hydrogens is 569 g/mol. The van der Waals surface area contributed by atoms with Crippen molar-refractivity contribution in [2.45, 2.75) is 20.8 Å². The summed E-state index contributed by atoms with van der Waals surface area (Å²) in [5.41, 5.74) is 11.3. The summed E-state index contributed by atoms with van der Waals surface area (Å²) in [4.78, 5) is 0. The monoisotopic (exact) mass is 600 g/mol. The van der Waals surface area contributed by atoms with Gasteiger partial charge in [0.1, 0.15) is 0 Å². The number of para-hydroxylation sites is 2. The summed E-state index contributed by atoms with van der Waals surface area (Å²) in [5.74, 6) is 0. The minimum Gasteiger partial charge on any atom is -0.309 e. The number of rotatable bonds is 2. The van der Waals surface area contributed by atoms with E-state index in [1.165, 1.54) is 104 Å². The lowest BCUT2D eigenvalue weighted by Crippen LogP contribution is -2.05. The first-order valence-electron chi connectivity index (χ1n) is 16.5. The van der Waals surface area contributed by atoms with E-state index < -0.39 is 0 Å². The van der Waals surface area contributed by atoms with Crippen LogP contribution in [0.4, 0.5) is 0 Å². The molecule has 0 spiro atoms. The largest absolute Gasteiger partial charge is 0.309 e. The van der Waals surface area contributed by atoms with Crippen LogP contribution < -0.4 is 0 Å². The molecule has 222 valence electrons. The molecule has 0 aliphatic carbocycles. The van der Waals surface area contributed by atoms with Gasteiger partial charge in [-0.3, -0.25) is 0 Å². The lowest BCUT2D eigenvalue weighted by molar-refractivity contribution is 1.10. The third kappa shape index (κ3) is 3.50. The molecule has 0 aliphatic rings. The van der Waals surface area contributed by atoms with Crippen LogP contribution in [-0.2, 0) is 0 Å². The molecule has 10 aromatic rings. The van der Waals surface area contributed by atoms with Gasteiger partial charge in [0.25, 0.3) is 0 Å². The molecule has 0 N–H and O–H groups in total. The molecule has 0 aliphatic heterocycles. The van der Waals surface area contributed by atoms with Gasteiger partial charge in [-0.2, -0.15) is 0 Å². The summed E-state index contributed by atoms with van der Waals surface area (Å²) in [5, 5.41) is 12.8. The highest BCUT2D eigenvalue weighted by molar-refractivity contribution is 6.24. The van der Waals surface area contributed by atoms with Crippen LogP contribution in [0.15, 0.2) is 140 Å². The molecule has 0 radical (unpaired) electrons. The van der Waals surface area contributed by atoms with Crippen molar-refractivity contribution in [3.63, 3.8) is 0 Å². The Morgan fingerprint density at radius 1 is 0.383 bits per heavy atom. The molecule has 47 heavy (non-hydrogen) atoms. The van der Waals surface area contributed by atoms with Crippen molar-refractivity contribution in [1.29, 1.82) is 0 Å². The van der Waals surface area contributed by atoms with Crippen molar-refractivity contribution in [3.05, 3.63) is 156 Å². The average molecular weight is 601 g/mol. The third-order valence-electron chi connectivity index (χ3n) is 10.5. The number of nitrogens with zero attached hydrogens (tertiary/aromatic N) is 2. The predicted molar refractivity (Wildman–Crippen MR) is 202 cm³/mol. The van der Waals surface area contributed by atoms with E-state index in [2.05, 4.69) is 169 Å². The highest BCUT2D eigenvalue weighted by atomic mass is 15.0. The van der Waals surface area contributed by atoms with Gasteiger partial charge in [0, 0.05) is 26.9 Å². The van der Waals surface area contributed by atoms with Gasteiger partial charge in [-0.15, -0.1) is 0 Å². The Balaban J connectivity index is 1.43. The molecule has 0 saturated carbocycles. The molecule has 0 fully saturated rings. The van der Waals surface area contributed by atoms with Crippen molar-refractivity contribution in [1.82, 2.24) is 9.13 Å². The van der Waals surface area contributed by atoms with E-state index in [1.54, 1.807) is 0 Å². The molecule has 2 aromatic heterocycles. The summed E-state index contributed by atoms with van der Waals surface area (Å²) < 4.78 is 5.09. The van der Waals surface area contributed by atoms with Gasteiger partial charge in [-0.1, -0.05) is 121 Å². The van der Waals surface area contributed by atoms with E-state index in [1.807, 2.05) is 0 Å². The third-order valence-corrected chi connectivity index (χ3v) is 10.5. The van der Waals surface area contributed by atoms with E-state index >= 15 is 0 Å². The fraction of sp³-hybridized carbons (Fsp3) is 0.0667. The van der Waals surface area contributed by atoms with E-state index in [-0.39, 0.29) is 0 Å². The quantitative estimate of drug-likeness (QED) is 0.187. The second-order valence-corrected chi connectivity index (χ2v) is 13.1. The zero-order chi connectivity index (χ0) is 31.4. The maximum Gasteiger partial charge on any atom is 0.0590 e. The molecular formula is C45H32N2. The van der Waals surface area contributed by atoms with E-state index in [0.717, 1.165) is 0 Å². The van der Waals surface area contributed by atoms with Crippen LogP contribution in [0.2, 0.25) is 0 Å². The second-order valence-electron chi connectivity index (χ2n) is 13.1. The van der Waals surface area contributed by atoms with Gasteiger partial charge in [0.2, 0.25) is 0 Å². The molecule has 8 aromatic carbocycles. The Labute approximate surface area is 272 Å². The molecule has 2 heterocycles. The van der Waals surface area contributed by atoms with Crippen LogP contribution >= 0.6 is 0 Å². The second kappa shape index (κ2) is 9.57. The predicted octanol–water partition coefficient (Wildman–Crippen LogP) is 12.3. The Morgan fingerprint density at radius 3 is 1.45 bits per heavy atom. The topological polar surface area (TPSA) is 9.86 Å². The molecule has 0 unspecified atom stereocenters. The molecule has 0 atom stereocenters. The first kappa shape index (κ1) is 26.4. The summed E-state index contributed by atoms with van der Waals surface area (Å²) in [7, 11) is 0. The number of benzene rings is 8. The van der Waals surface area contributed by atoms with E-state index in [4.69, 9.17) is 0 Å². The summed E-state index contributed by atoms with van der Waals surface area (Å²) in [6.07, 6.45) is 0. The van der Waals surface area contributed by atoms with Crippen molar-refractivity contribution >= 4 is 75.9 Å². The highest BCUT2D eigenvalue weighted by Crippen LogP contribution is 2.44. The standard InChI is InChI=1S/C45H32N2/c1-27-12-10-20-36-41-33-17-7-4-14-30(33)22-24-38(41)46(43(27)36)40-26-32-16-6-9-19-35(32)45(29(40)3)47-39-25-23-31-15-5-8-18-34(31)42(39)37-21-11-13-28(2)44(37)47/h4-26H,1-3H3. The van der Waals surface area contributed by atoms with Gasteiger partial charge in [-0.25, -0.2) is 0 Å². The van der Waals surface area contributed by atoms with Crippen LogP contribution in [0, 0.1) is 20.8 Å². The van der Waals surface area contributed by atoms with E-state index in [9.17, 15) is 0 Å². The minimum atomic E-state index is 1.22. The van der Waals surface area contributed by atoms with Crippen molar-refractivity contribution < 1.29 is 0 Å². The van der Waals surface area contributed by atoms with Gasteiger partial charge < -0.3 is 9.13 Å². The molecule has 0 amide bonds. The lowest BCUT2D eigenvalue weighted by atomic mass is 10.0. The molecule has 0 bridgehead atoms. The Morgan fingerprint density at radius 2 is 0.851 bits per heavy atom. The maximum atomic E-state index is 2.56. The number of aryl methyl sites for hydroxylation is 2. The fourth-order valence-corrected chi connectivity index (χ4v) is 8.44. The van der Waals surface area contributed by atoms with E-state index in [0.29, 0.717) is 0 Å². The lowest BCUT2D eigenvalue weighted by Gasteiger charge is -2.21. The number of hydrogen-bond donors (Lipinski definition) is 0. The van der Waals surface area contributed by atoms with Crippen LogP contribution in [0.1, 0.15) is 16.7 Å². The molecule has 0 saturated heterocycles. The SMILES string of the molecule is Cc1c(-n2c3ccc4ccccc4c3c3cccc(C)c32)cc2ccccc2c1-n1c2ccc3ccccc3c2c2cccc(C)c21. The average Bonchev–Trinajstić information content (AvgIpc) is 3.63. The van der Waals surface area contributed by atoms with Crippen LogP contribution in [0.5, 0.6) is 0 Å². The first-order valence-corrected chi connectivity index (χ1v) is 16.5. The Bertz CT molecular complexity index is 2930. The summed E-state index contributed by atoms with van der Waals surface area (Å²) >= 11 is 0.